The maximum Gasteiger partial charge on any atom is 0.329 e. The minimum absolute atomic E-state index is 0.376. The second-order valence-electron chi connectivity index (χ2n) is 5.18. The fourth-order valence-corrected chi connectivity index (χ4v) is 2.54. The molecule has 9 heteroatoms. The van der Waals surface area contributed by atoms with Gasteiger partial charge in [0.2, 0.25) is 0 Å². The number of thioether (sulfide) groups is 1. The summed E-state index contributed by atoms with van der Waals surface area (Å²) in [4.78, 5) is 34.6. The molecule has 1 atom stereocenters. The average Bonchev–Trinajstić information content (AvgIpc) is 2.58. The van der Waals surface area contributed by atoms with E-state index in [0.29, 0.717) is 30.2 Å². The van der Waals surface area contributed by atoms with Crippen LogP contribution < -0.4 is 16.4 Å². The Morgan fingerprint density at radius 2 is 1.96 bits per heavy atom. The summed E-state index contributed by atoms with van der Waals surface area (Å²) in [5, 5.41) is 5.63. The Balaban J connectivity index is 2.31. The minimum atomic E-state index is -0.855. The van der Waals surface area contributed by atoms with Crippen LogP contribution in [0, 0.1) is 0 Å². The van der Waals surface area contributed by atoms with Gasteiger partial charge >= 0.3 is 12.0 Å². The molecule has 0 bridgehead atoms. The average molecular weight is 388 g/mol. The first-order chi connectivity index (χ1) is 11.9. The predicted octanol–water partition coefficient (Wildman–Crippen LogP) is 1.33. The summed E-state index contributed by atoms with van der Waals surface area (Å²) in [6.07, 6.45) is 2.89. The van der Waals surface area contributed by atoms with Crippen LogP contribution in [-0.2, 0) is 20.7 Å². The van der Waals surface area contributed by atoms with Crippen molar-refractivity contribution in [3.8, 4) is 0 Å². The number of primary amides is 1. The van der Waals surface area contributed by atoms with E-state index in [2.05, 4.69) is 10.6 Å². The number of esters is 1. The fraction of sp³-hybridized carbons (Fsp3) is 0.438. The normalized spacial score (nSPS) is 11.4. The lowest BCUT2D eigenvalue weighted by Crippen LogP contribution is -2.45. The van der Waals surface area contributed by atoms with Crippen molar-refractivity contribution in [1.82, 2.24) is 10.6 Å². The number of carbonyl (C=O) groups excluding carboxylic acids is 3. The van der Waals surface area contributed by atoms with E-state index in [1.54, 1.807) is 12.1 Å². The molecule has 0 aliphatic carbocycles. The van der Waals surface area contributed by atoms with Crippen LogP contribution in [0.15, 0.2) is 24.3 Å². The van der Waals surface area contributed by atoms with E-state index < -0.39 is 30.6 Å². The third-order valence-electron chi connectivity index (χ3n) is 3.21. The van der Waals surface area contributed by atoms with Crippen LogP contribution >= 0.6 is 23.4 Å². The van der Waals surface area contributed by atoms with Crippen LogP contribution in [0.2, 0.25) is 5.02 Å². The first-order valence-electron chi connectivity index (χ1n) is 7.65. The molecule has 7 nitrogen and oxygen atoms in total. The van der Waals surface area contributed by atoms with Crippen molar-refractivity contribution >= 4 is 41.3 Å². The van der Waals surface area contributed by atoms with Gasteiger partial charge in [-0.2, -0.15) is 11.8 Å². The third-order valence-corrected chi connectivity index (χ3v) is 4.10. The molecule has 0 fully saturated rings. The van der Waals surface area contributed by atoms with E-state index in [4.69, 9.17) is 22.1 Å². The molecule has 4 N–H and O–H groups in total. The second kappa shape index (κ2) is 11.6. The molecular formula is C16H22ClN3O4S. The number of amides is 3. The highest BCUT2D eigenvalue weighted by molar-refractivity contribution is 7.98. The first kappa shape index (κ1) is 21.1. The summed E-state index contributed by atoms with van der Waals surface area (Å²) in [5.41, 5.74) is 6.07. The van der Waals surface area contributed by atoms with E-state index in [1.807, 2.05) is 18.4 Å². The van der Waals surface area contributed by atoms with Gasteiger partial charge in [-0.1, -0.05) is 23.7 Å². The molecule has 1 aromatic carbocycles. The van der Waals surface area contributed by atoms with E-state index in [0.717, 1.165) is 5.56 Å². The number of nitrogens with two attached hydrogens (primary N) is 1. The Hall–Kier alpha value is -1.93. The Bertz CT molecular complexity index is 583. The van der Waals surface area contributed by atoms with E-state index >= 15 is 0 Å². The van der Waals surface area contributed by atoms with Crippen molar-refractivity contribution < 1.29 is 19.1 Å². The van der Waals surface area contributed by atoms with Crippen molar-refractivity contribution in [3.63, 3.8) is 0 Å². The molecule has 0 aliphatic rings. The summed E-state index contributed by atoms with van der Waals surface area (Å²) >= 11 is 7.32. The zero-order valence-electron chi connectivity index (χ0n) is 13.9. The number of nitrogens with one attached hydrogen (secondary N) is 2. The highest BCUT2D eigenvalue weighted by Gasteiger charge is 2.21. The maximum atomic E-state index is 11.9. The molecule has 25 heavy (non-hydrogen) atoms. The number of rotatable bonds is 10. The molecule has 1 aromatic rings. The molecule has 0 saturated heterocycles. The number of hydrogen-bond acceptors (Lipinski definition) is 5. The lowest BCUT2D eigenvalue weighted by atomic mass is 10.1. The van der Waals surface area contributed by atoms with Gasteiger partial charge in [-0.3, -0.25) is 4.79 Å². The van der Waals surface area contributed by atoms with Crippen LogP contribution in [-0.4, -0.2) is 49.1 Å². The molecule has 138 valence electrons. The smallest absolute Gasteiger partial charge is 0.329 e. The van der Waals surface area contributed by atoms with Crippen molar-refractivity contribution in [1.29, 1.82) is 0 Å². The summed E-state index contributed by atoms with van der Waals surface area (Å²) in [6, 6.07) is 5.64. The van der Waals surface area contributed by atoms with Gasteiger partial charge in [0.15, 0.2) is 6.61 Å². The zero-order chi connectivity index (χ0) is 18.7. The molecule has 0 saturated carbocycles. The Morgan fingerprint density at radius 3 is 2.56 bits per heavy atom. The number of ether oxygens (including phenoxy) is 1. The molecule has 0 spiro atoms. The molecule has 3 amide bonds. The molecule has 0 radical (unpaired) electrons. The van der Waals surface area contributed by atoms with E-state index in [1.165, 1.54) is 11.8 Å². The fourth-order valence-electron chi connectivity index (χ4n) is 1.94. The highest BCUT2D eigenvalue weighted by Crippen LogP contribution is 2.09. The van der Waals surface area contributed by atoms with Gasteiger partial charge in [0, 0.05) is 11.6 Å². The number of carbonyl (C=O) groups is 3. The number of urea groups is 1. The van der Waals surface area contributed by atoms with Crippen LogP contribution in [0.1, 0.15) is 12.0 Å². The van der Waals surface area contributed by atoms with Gasteiger partial charge in [0.1, 0.15) is 6.04 Å². The Morgan fingerprint density at radius 1 is 1.28 bits per heavy atom. The highest BCUT2D eigenvalue weighted by atomic mass is 35.5. The number of halogens is 1. The first-order valence-corrected chi connectivity index (χ1v) is 9.42. The van der Waals surface area contributed by atoms with Gasteiger partial charge in [0.05, 0.1) is 0 Å². The zero-order valence-corrected chi connectivity index (χ0v) is 15.5. The molecule has 0 aromatic heterocycles. The van der Waals surface area contributed by atoms with Gasteiger partial charge in [-0.25, -0.2) is 9.59 Å². The van der Waals surface area contributed by atoms with Gasteiger partial charge < -0.3 is 21.1 Å². The van der Waals surface area contributed by atoms with Gasteiger partial charge in [0.25, 0.3) is 5.91 Å². The molecule has 0 unspecified atom stereocenters. The van der Waals surface area contributed by atoms with E-state index in [-0.39, 0.29) is 0 Å². The van der Waals surface area contributed by atoms with Crippen molar-refractivity contribution in [3.05, 3.63) is 34.9 Å². The Kier molecular flexibility index (Phi) is 9.79. The van der Waals surface area contributed by atoms with Gasteiger partial charge in [-0.15, -0.1) is 0 Å². The second-order valence-corrected chi connectivity index (χ2v) is 6.60. The molecular weight excluding hydrogens is 366 g/mol. The van der Waals surface area contributed by atoms with Crippen molar-refractivity contribution in [2.45, 2.75) is 18.9 Å². The van der Waals surface area contributed by atoms with Gasteiger partial charge in [-0.05, 0) is 42.5 Å². The van der Waals surface area contributed by atoms with Crippen LogP contribution in [0.4, 0.5) is 4.79 Å². The SMILES string of the molecule is CSCC[C@H](NC(N)=O)C(=O)OCC(=O)NCCc1ccc(Cl)cc1. The summed E-state index contributed by atoms with van der Waals surface area (Å²) in [7, 11) is 0. The summed E-state index contributed by atoms with van der Waals surface area (Å²) < 4.78 is 4.93. The largest absolute Gasteiger partial charge is 0.454 e. The monoisotopic (exact) mass is 387 g/mol. The van der Waals surface area contributed by atoms with Crippen molar-refractivity contribution in [2.24, 2.45) is 5.73 Å². The predicted molar refractivity (Wildman–Crippen MR) is 98.6 cm³/mol. The maximum absolute atomic E-state index is 11.9. The van der Waals surface area contributed by atoms with Crippen LogP contribution in [0.25, 0.3) is 0 Å². The topological polar surface area (TPSA) is 111 Å². The van der Waals surface area contributed by atoms with E-state index in [9.17, 15) is 14.4 Å². The van der Waals surface area contributed by atoms with Crippen molar-refractivity contribution in [2.75, 3.05) is 25.2 Å². The number of hydrogen-bond donors (Lipinski definition) is 3. The Labute approximate surface area is 156 Å². The molecule has 0 heterocycles. The standard InChI is InChI=1S/C16H22ClN3O4S/c1-25-9-7-13(20-16(18)23)15(22)24-10-14(21)19-8-6-11-2-4-12(17)5-3-11/h2-5,13H,6-10H2,1H3,(H,19,21)(H3,18,20,23)/t13-/m0/s1. The quantitative estimate of drug-likeness (QED) is 0.524. The lowest BCUT2D eigenvalue weighted by molar-refractivity contribution is -0.150. The summed E-state index contributed by atoms with van der Waals surface area (Å²) in [5.74, 6) is -0.446. The molecule has 0 aliphatic heterocycles. The lowest BCUT2D eigenvalue weighted by Gasteiger charge is -2.15. The van der Waals surface area contributed by atoms with Crippen LogP contribution in [0.5, 0.6) is 0 Å². The number of benzene rings is 1. The van der Waals surface area contributed by atoms with Crippen LogP contribution in [0.3, 0.4) is 0 Å². The molecule has 1 rings (SSSR count). The minimum Gasteiger partial charge on any atom is -0.454 e. The summed E-state index contributed by atoms with van der Waals surface area (Å²) in [6.45, 7) is 0.00309. The third kappa shape index (κ3) is 9.21.